The Morgan fingerprint density at radius 1 is 1.40 bits per heavy atom. The number of piperazine rings is 1. The van der Waals surface area contributed by atoms with E-state index >= 15 is 0 Å². The molecule has 0 radical (unpaired) electrons. The highest BCUT2D eigenvalue weighted by atomic mass is 15.2. The lowest BCUT2D eigenvalue weighted by Crippen LogP contribution is -2.50. The lowest BCUT2D eigenvalue weighted by Gasteiger charge is -2.35. The van der Waals surface area contributed by atoms with Gasteiger partial charge in [-0.3, -0.25) is 0 Å². The Hall–Kier alpha value is -1.02. The second-order valence-electron chi connectivity index (χ2n) is 4.29. The highest BCUT2D eigenvalue weighted by molar-refractivity contribution is 5.53. The fourth-order valence-electron chi connectivity index (χ4n) is 2.24. The van der Waals surface area contributed by atoms with Crippen LogP contribution < -0.4 is 10.2 Å². The first-order valence-corrected chi connectivity index (χ1v) is 5.85. The summed E-state index contributed by atoms with van der Waals surface area (Å²) < 4.78 is 0. The number of anilines is 1. The molecule has 1 atom stereocenters. The zero-order valence-corrected chi connectivity index (χ0v) is 9.66. The maximum Gasteiger partial charge on any atom is 0.0396 e. The van der Waals surface area contributed by atoms with E-state index in [1.54, 1.807) is 0 Å². The van der Waals surface area contributed by atoms with Crippen LogP contribution in [-0.4, -0.2) is 25.7 Å². The number of hydrogen-bond acceptors (Lipinski definition) is 2. The summed E-state index contributed by atoms with van der Waals surface area (Å²) in [5.74, 6) is 0. The average Bonchev–Trinajstić information content (AvgIpc) is 2.30. The molecule has 1 fully saturated rings. The van der Waals surface area contributed by atoms with Crippen molar-refractivity contribution in [1.82, 2.24) is 5.32 Å². The summed E-state index contributed by atoms with van der Waals surface area (Å²) in [5, 5.41) is 3.55. The van der Waals surface area contributed by atoms with E-state index in [2.05, 4.69) is 48.3 Å². The van der Waals surface area contributed by atoms with Gasteiger partial charge in [0.2, 0.25) is 0 Å². The predicted octanol–water partition coefficient (Wildman–Crippen LogP) is 2.18. The van der Waals surface area contributed by atoms with Crippen molar-refractivity contribution in [3.8, 4) is 0 Å². The van der Waals surface area contributed by atoms with Crippen LogP contribution in [0.4, 0.5) is 5.69 Å². The minimum absolute atomic E-state index is 0.651. The topological polar surface area (TPSA) is 15.3 Å². The zero-order chi connectivity index (χ0) is 10.7. The summed E-state index contributed by atoms with van der Waals surface area (Å²) in [7, 11) is 0. The van der Waals surface area contributed by atoms with Gasteiger partial charge in [0.05, 0.1) is 0 Å². The van der Waals surface area contributed by atoms with Crippen LogP contribution >= 0.6 is 0 Å². The fourth-order valence-corrected chi connectivity index (χ4v) is 2.24. The first kappa shape index (κ1) is 10.5. The molecule has 82 valence electrons. The molecule has 2 heteroatoms. The normalized spacial score (nSPS) is 21.7. The van der Waals surface area contributed by atoms with Crippen molar-refractivity contribution in [2.75, 3.05) is 24.5 Å². The van der Waals surface area contributed by atoms with Crippen molar-refractivity contribution in [2.24, 2.45) is 0 Å². The number of nitrogens with zero attached hydrogens (tertiary/aromatic N) is 1. The zero-order valence-electron chi connectivity index (χ0n) is 9.66. The van der Waals surface area contributed by atoms with Gasteiger partial charge < -0.3 is 10.2 Å². The molecule has 0 bridgehead atoms. The van der Waals surface area contributed by atoms with E-state index in [0.29, 0.717) is 6.04 Å². The molecule has 15 heavy (non-hydrogen) atoms. The molecular formula is C13H20N2. The van der Waals surface area contributed by atoms with Gasteiger partial charge in [-0.05, 0) is 25.0 Å². The Balaban J connectivity index is 2.13. The molecule has 0 amide bonds. The van der Waals surface area contributed by atoms with Crippen molar-refractivity contribution in [3.05, 3.63) is 29.8 Å². The van der Waals surface area contributed by atoms with Crippen molar-refractivity contribution in [1.29, 1.82) is 0 Å². The van der Waals surface area contributed by atoms with Gasteiger partial charge in [-0.25, -0.2) is 0 Å². The van der Waals surface area contributed by atoms with Gasteiger partial charge in [0, 0.05) is 31.4 Å². The van der Waals surface area contributed by atoms with Gasteiger partial charge >= 0.3 is 0 Å². The minimum atomic E-state index is 0.651. The van der Waals surface area contributed by atoms with Gasteiger partial charge in [-0.15, -0.1) is 0 Å². The highest BCUT2D eigenvalue weighted by Gasteiger charge is 2.18. The van der Waals surface area contributed by atoms with Crippen molar-refractivity contribution < 1.29 is 0 Å². The molecule has 1 aliphatic rings. The molecule has 2 rings (SSSR count). The van der Waals surface area contributed by atoms with Crippen LogP contribution in [0.5, 0.6) is 0 Å². The summed E-state index contributed by atoms with van der Waals surface area (Å²) in [6.45, 7) is 7.81. The molecule has 1 heterocycles. The molecule has 1 aromatic rings. The van der Waals surface area contributed by atoms with Gasteiger partial charge in [0.25, 0.3) is 0 Å². The standard InChI is InChI=1S/C13H20N2/c1-3-12-10-15(9-8-14-12)13-7-5-4-6-11(13)2/h4-7,12,14H,3,8-10H2,1-2H3. The SMILES string of the molecule is CCC1CN(c2ccccc2C)CCN1. The Morgan fingerprint density at radius 2 is 2.20 bits per heavy atom. The van der Waals surface area contributed by atoms with Crippen LogP contribution in [0.2, 0.25) is 0 Å². The Kier molecular flexibility index (Phi) is 3.27. The monoisotopic (exact) mass is 204 g/mol. The van der Waals surface area contributed by atoms with Gasteiger partial charge in [-0.1, -0.05) is 25.1 Å². The summed E-state index contributed by atoms with van der Waals surface area (Å²) in [6.07, 6.45) is 1.21. The van der Waals surface area contributed by atoms with E-state index in [1.807, 2.05) is 0 Å². The minimum Gasteiger partial charge on any atom is -0.368 e. The fraction of sp³-hybridized carbons (Fsp3) is 0.538. The Bertz CT molecular complexity index is 322. The maximum atomic E-state index is 3.55. The molecule has 1 N–H and O–H groups in total. The molecule has 1 unspecified atom stereocenters. The molecule has 0 aromatic heterocycles. The largest absolute Gasteiger partial charge is 0.368 e. The third-order valence-electron chi connectivity index (χ3n) is 3.20. The van der Waals surface area contributed by atoms with Crippen molar-refractivity contribution in [3.63, 3.8) is 0 Å². The molecule has 1 aliphatic heterocycles. The van der Waals surface area contributed by atoms with E-state index < -0.39 is 0 Å². The van der Waals surface area contributed by atoms with E-state index in [0.717, 1.165) is 19.6 Å². The van der Waals surface area contributed by atoms with Crippen LogP contribution in [0.15, 0.2) is 24.3 Å². The highest BCUT2D eigenvalue weighted by Crippen LogP contribution is 2.20. The smallest absolute Gasteiger partial charge is 0.0396 e. The molecule has 0 saturated carbocycles. The molecule has 0 spiro atoms. The molecule has 2 nitrogen and oxygen atoms in total. The maximum absolute atomic E-state index is 3.55. The number of aryl methyl sites for hydroxylation is 1. The molecule has 1 saturated heterocycles. The average molecular weight is 204 g/mol. The lowest BCUT2D eigenvalue weighted by molar-refractivity contribution is 0.446. The first-order chi connectivity index (χ1) is 7.31. The van der Waals surface area contributed by atoms with Crippen LogP contribution in [0.3, 0.4) is 0 Å². The predicted molar refractivity (Wildman–Crippen MR) is 65.5 cm³/mol. The summed E-state index contributed by atoms with van der Waals surface area (Å²) in [4.78, 5) is 2.50. The molecule has 1 aromatic carbocycles. The summed E-state index contributed by atoms with van der Waals surface area (Å²) in [6, 6.07) is 9.31. The van der Waals surface area contributed by atoms with Crippen LogP contribution in [0.25, 0.3) is 0 Å². The summed E-state index contributed by atoms with van der Waals surface area (Å²) in [5.41, 5.74) is 2.78. The van der Waals surface area contributed by atoms with Crippen LogP contribution in [0.1, 0.15) is 18.9 Å². The Morgan fingerprint density at radius 3 is 2.93 bits per heavy atom. The third-order valence-corrected chi connectivity index (χ3v) is 3.20. The number of nitrogens with one attached hydrogen (secondary N) is 1. The van der Waals surface area contributed by atoms with Crippen molar-refractivity contribution >= 4 is 5.69 Å². The molecule has 0 aliphatic carbocycles. The second kappa shape index (κ2) is 4.67. The van der Waals surface area contributed by atoms with E-state index in [1.165, 1.54) is 17.7 Å². The quantitative estimate of drug-likeness (QED) is 0.794. The van der Waals surface area contributed by atoms with E-state index in [-0.39, 0.29) is 0 Å². The lowest BCUT2D eigenvalue weighted by atomic mass is 10.1. The third kappa shape index (κ3) is 2.32. The number of rotatable bonds is 2. The van der Waals surface area contributed by atoms with E-state index in [4.69, 9.17) is 0 Å². The summed E-state index contributed by atoms with van der Waals surface area (Å²) >= 11 is 0. The van der Waals surface area contributed by atoms with Gasteiger partial charge in [0.1, 0.15) is 0 Å². The van der Waals surface area contributed by atoms with E-state index in [9.17, 15) is 0 Å². The first-order valence-electron chi connectivity index (χ1n) is 5.85. The number of benzene rings is 1. The van der Waals surface area contributed by atoms with Gasteiger partial charge in [0.15, 0.2) is 0 Å². The van der Waals surface area contributed by atoms with Crippen LogP contribution in [-0.2, 0) is 0 Å². The molecular weight excluding hydrogens is 184 g/mol. The number of para-hydroxylation sites is 1. The number of hydrogen-bond donors (Lipinski definition) is 1. The van der Waals surface area contributed by atoms with Gasteiger partial charge in [-0.2, -0.15) is 0 Å². The second-order valence-corrected chi connectivity index (χ2v) is 4.29. The van der Waals surface area contributed by atoms with Crippen LogP contribution in [0, 0.1) is 6.92 Å². The van der Waals surface area contributed by atoms with Crippen molar-refractivity contribution in [2.45, 2.75) is 26.3 Å². The Labute approximate surface area is 92.3 Å².